The number of aromatic nitrogens is 1. The van der Waals surface area contributed by atoms with Crippen LogP contribution in [0.2, 0.25) is 5.02 Å². The van der Waals surface area contributed by atoms with Crippen molar-refractivity contribution >= 4 is 41.1 Å². The summed E-state index contributed by atoms with van der Waals surface area (Å²) in [5.74, 6) is 0.633. The third kappa shape index (κ3) is 8.27. The zero-order valence-electron chi connectivity index (χ0n) is 22.7. The molecule has 9 nitrogen and oxygen atoms in total. The molecule has 1 heterocycles. The van der Waals surface area contributed by atoms with Crippen LogP contribution in [0.5, 0.6) is 5.75 Å². The van der Waals surface area contributed by atoms with E-state index in [4.69, 9.17) is 22.8 Å². The zero-order valence-corrected chi connectivity index (χ0v) is 23.4. The summed E-state index contributed by atoms with van der Waals surface area (Å²) in [5.41, 5.74) is 0.608. The van der Waals surface area contributed by atoms with Gasteiger partial charge in [-0.25, -0.2) is 9.37 Å². The number of hydrazone groups is 1. The summed E-state index contributed by atoms with van der Waals surface area (Å²) in [6, 6.07) is 10.1. The number of ether oxygens (including phenoxy) is 1. The molecule has 0 atom stereocenters. The van der Waals surface area contributed by atoms with Gasteiger partial charge in [-0.1, -0.05) is 23.6 Å². The van der Waals surface area contributed by atoms with E-state index in [0.717, 1.165) is 19.5 Å². The quantitative estimate of drug-likeness (QED) is 0.201. The summed E-state index contributed by atoms with van der Waals surface area (Å²) in [7, 11) is 7.20. The molecular formula is C29H30ClFN6O3. The van der Waals surface area contributed by atoms with E-state index >= 15 is 4.39 Å². The molecule has 0 spiro atoms. The highest BCUT2D eigenvalue weighted by molar-refractivity contribution is 6.30. The van der Waals surface area contributed by atoms with Crippen LogP contribution in [0.4, 0.5) is 15.9 Å². The second-order valence-electron chi connectivity index (χ2n) is 9.04. The Labute approximate surface area is 238 Å². The Morgan fingerprint density at radius 2 is 1.85 bits per heavy atom. The predicted molar refractivity (Wildman–Crippen MR) is 156 cm³/mol. The monoisotopic (exact) mass is 564 g/mol. The van der Waals surface area contributed by atoms with Gasteiger partial charge in [-0.2, -0.15) is 5.10 Å². The van der Waals surface area contributed by atoms with Crippen LogP contribution >= 0.6 is 11.6 Å². The van der Waals surface area contributed by atoms with Crippen LogP contribution in [0.3, 0.4) is 0 Å². The molecule has 2 aromatic carbocycles. The third-order valence-electron chi connectivity index (χ3n) is 5.67. The lowest BCUT2D eigenvalue weighted by molar-refractivity contribution is 0.102. The molecule has 2 amide bonds. The van der Waals surface area contributed by atoms with E-state index in [2.05, 4.69) is 31.5 Å². The van der Waals surface area contributed by atoms with Crippen molar-refractivity contribution in [2.24, 2.45) is 5.10 Å². The number of hydrogen-bond acceptors (Lipinski definition) is 7. The van der Waals surface area contributed by atoms with Gasteiger partial charge >= 0.3 is 0 Å². The highest BCUT2D eigenvalue weighted by Crippen LogP contribution is 2.32. The Morgan fingerprint density at radius 1 is 1.10 bits per heavy atom. The molecule has 0 radical (unpaired) electrons. The summed E-state index contributed by atoms with van der Waals surface area (Å²) in [5, 5.41) is 11.7. The first kappa shape index (κ1) is 30.1. The molecule has 0 bridgehead atoms. The fraction of sp³-hybridized carbons (Fsp3) is 0.241. The SMILES string of the molecule is C#Cc1cc(OC)c(NC(=O)c2ccc(C=NN(C)CCCN(C)C)cc2F)c(C(=O)Nc2ccc(Cl)cn2)c1. The number of methoxy groups -OCH3 is 1. The van der Waals surface area contributed by atoms with Crippen molar-refractivity contribution in [1.29, 1.82) is 0 Å². The number of carbonyl (C=O) groups is 2. The van der Waals surface area contributed by atoms with E-state index < -0.39 is 17.6 Å². The summed E-state index contributed by atoms with van der Waals surface area (Å²) >= 11 is 5.86. The molecule has 0 unspecified atom stereocenters. The minimum Gasteiger partial charge on any atom is -0.495 e. The van der Waals surface area contributed by atoms with Gasteiger partial charge in [0.2, 0.25) is 0 Å². The molecule has 0 aliphatic rings. The van der Waals surface area contributed by atoms with Crippen molar-refractivity contribution in [1.82, 2.24) is 14.9 Å². The van der Waals surface area contributed by atoms with E-state index in [1.54, 1.807) is 17.1 Å². The maximum absolute atomic E-state index is 15.0. The van der Waals surface area contributed by atoms with E-state index in [1.807, 2.05) is 21.1 Å². The number of nitrogens with one attached hydrogen (secondary N) is 2. The first-order valence-electron chi connectivity index (χ1n) is 12.2. The largest absolute Gasteiger partial charge is 0.495 e. The third-order valence-corrected chi connectivity index (χ3v) is 5.89. The number of carbonyl (C=O) groups excluding carboxylic acids is 2. The van der Waals surface area contributed by atoms with Crippen molar-refractivity contribution in [2.75, 3.05) is 52.0 Å². The number of hydrogen-bond donors (Lipinski definition) is 2. The lowest BCUT2D eigenvalue weighted by Crippen LogP contribution is -2.20. The minimum atomic E-state index is -0.785. The van der Waals surface area contributed by atoms with Crippen LogP contribution in [0.15, 0.2) is 53.8 Å². The van der Waals surface area contributed by atoms with E-state index in [1.165, 1.54) is 49.9 Å². The summed E-state index contributed by atoms with van der Waals surface area (Å²) in [6.45, 7) is 1.66. The van der Waals surface area contributed by atoms with Crippen LogP contribution in [0, 0.1) is 18.2 Å². The number of amides is 2. The molecule has 2 N–H and O–H groups in total. The van der Waals surface area contributed by atoms with Gasteiger partial charge in [0, 0.05) is 25.4 Å². The first-order chi connectivity index (χ1) is 19.1. The summed E-state index contributed by atoms with van der Waals surface area (Å²) in [6.07, 6.45) is 9.37. The Kier molecular flexibility index (Phi) is 10.6. The maximum atomic E-state index is 15.0. The van der Waals surface area contributed by atoms with E-state index in [0.29, 0.717) is 16.1 Å². The minimum absolute atomic E-state index is 0.00105. The van der Waals surface area contributed by atoms with Crippen LogP contribution < -0.4 is 15.4 Å². The standard InChI is InChI=1S/C29H30ClFN6O3/c1-6-19-14-23(29(39)34-26-11-9-21(30)18-32-26)27(25(16-19)40-5)35-28(38)22-10-8-20(15-24(22)31)17-33-37(4)13-7-12-36(2)3/h1,8-11,14-18H,7,12-13H2,2-5H3,(H,35,38)(H,32,34,39). The number of terminal acetylenes is 1. The zero-order chi connectivity index (χ0) is 29.2. The number of anilines is 2. The van der Waals surface area contributed by atoms with Crippen LogP contribution in [-0.2, 0) is 0 Å². The number of halogens is 2. The summed E-state index contributed by atoms with van der Waals surface area (Å²) in [4.78, 5) is 32.4. The van der Waals surface area contributed by atoms with Crippen molar-refractivity contribution < 1.29 is 18.7 Å². The Hall–Kier alpha value is -4.46. The molecular weight excluding hydrogens is 535 g/mol. The average molecular weight is 565 g/mol. The molecule has 0 aliphatic heterocycles. The molecule has 3 rings (SSSR count). The van der Waals surface area contributed by atoms with Gasteiger partial charge in [0.25, 0.3) is 11.8 Å². The van der Waals surface area contributed by atoms with Crippen LogP contribution in [-0.4, -0.2) is 74.3 Å². The lowest BCUT2D eigenvalue weighted by atomic mass is 10.1. The lowest BCUT2D eigenvalue weighted by Gasteiger charge is -2.16. The van der Waals surface area contributed by atoms with E-state index in [-0.39, 0.29) is 28.4 Å². The van der Waals surface area contributed by atoms with Gasteiger partial charge in [0.1, 0.15) is 17.4 Å². The van der Waals surface area contributed by atoms with Gasteiger partial charge < -0.3 is 25.3 Å². The molecule has 40 heavy (non-hydrogen) atoms. The molecule has 0 saturated carbocycles. The number of benzene rings is 2. The average Bonchev–Trinajstić information content (AvgIpc) is 2.92. The van der Waals surface area contributed by atoms with Crippen molar-refractivity contribution in [2.45, 2.75) is 6.42 Å². The molecule has 0 fully saturated rings. The number of rotatable bonds is 11. The molecule has 0 aliphatic carbocycles. The number of nitrogens with zero attached hydrogens (tertiary/aromatic N) is 4. The second kappa shape index (κ2) is 14.1. The topological polar surface area (TPSA) is 99.2 Å². The van der Waals surface area contributed by atoms with Crippen molar-refractivity contribution in [3.8, 4) is 18.1 Å². The first-order valence-corrected chi connectivity index (χ1v) is 12.6. The fourth-order valence-corrected chi connectivity index (χ4v) is 3.73. The Morgan fingerprint density at radius 3 is 2.48 bits per heavy atom. The Balaban J connectivity index is 1.82. The van der Waals surface area contributed by atoms with Gasteiger partial charge in [-0.05, 0) is 69.0 Å². The van der Waals surface area contributed by atoms with Gasteiger partial charge in [-0.3, -0.25) is 9.59 Å². The smallest absolute Gasteiger partial charge is 0.259 e. The summed E-state index contributed by atoms with van der Waals surface area (Å²) < 4.78 is 20.4. The molecule has 3 aromatic rings. The van der Waals surface area contributed by atoms with Gasteiger partial charge in [0.15, 0.2) is 0 Å². The van der Waals surface area contributed by atoms with Crippen LogP contribution in [0.25, 0.3) is 0 Å². The molecule has 0 saturated heterocycles. The Bertz CT molecular complexity index is 1440. The highest BCUT2D eigenvalue weighted by atomic mass is 35.5. The normalized spacial score (nSPS) is 10.8. The fourth-order valence-electron chi connectivity index (χ4n) is 3.62. The maximum Gasteiger partial charge on any atom is 0.259 e. The predicted octanol–water partition coefficient (Wildman–Crippen LogP) is 4.59. The van der Waals surface area contributed by atoms with E-state index in [9.17, 15) is 9.59 Å². The molecule has 1 aromatic heterocycles. The van der Waals surface area contributed by atoms with Crippen molar-refractivity contribution in [3.05, 3.63) is 81.8 Å². The van der Waals surface area contributed by atoms with Crippen molar-refractivity contribution in [3.63, 3.8) is 0 Å². The molecule has 208 valence electrons. The number of pyridine rings is 1. The van der Waals surface area contributed by atoms with Crippen LogP contribution in [0.1, 0.15) is 38.3 Å². The second-order valence-corrected chi connectivity index (χ2v) is 9.47. The molecule has 11 heteroatoms. The highest BCUT2D eigenvalue weighted by Gasteiger charge is 2.22. The van der Waals surface area contributed by atoms with Gasteiger partial charge in [0.05, 0.1) is 35.2 Å². The van der Waals surface area contributed by atoms with Gasteiger partial charge in [-0.15, -0.1) is 6.42 Å².